The van der Waals surface area contributed by atoms with E-state index in [1.165, 1.54) is 18.4 Å². The number of benzene rings is 1. The zero-order valence-corrected chi connectivity index (χ0v) is 17.3. The molecule has 138 valence electrons. The number of carbonyl (C=O) groups excluding carboxylic acids is 1. The summed E-state index contributed by atoms with van der Waals surface area (Å²) in [7, 11) is 1.43. The highest BCUT2D eigenvalue weighted by Gasteiger charge is 2.25. The highest BCUT2D eigenvalue weighted by molar-refractivity contribution is 7.98. The van der Waals surface area contributed by atoms with Gasteiger partial charge in [-0.15, -0.1) is 23.1 Å². The standard InChI is InChI=1S/C19H22N2O2S3/c1-23-18(22)16-12-8-4-3-5-10-14(12)26-17(16)21-19(24)20-13-9-6-7-11-15(13)25-2/h6-7,9,11H,3-5,8,10H2,1-2H3,(H2,20,21,24). The summed E-state index contributed by atoms with van der Waals surface area (Å²) in [5.74, 6) is -0.292. The third kappa shape index (κ3) is 4.22. The summed E-state index contributed by atoms with van der Waals surface area (Å²) in [6, 6.07) is 8.00. The molecule has 3 rings (SSSR count). The van der Waals surface area contributed by atoms with Gasteiger partial charge in [0.15, 0.2) is 5.11 Å². The highest BCUT2D eigenvalue weighted by atomic mass is 32.2. The first-order chi connectivity index (χ1) is 12.6. The van der Waals surface area contributed by atoms with Crippen LogP contribution in [0.5, 0.6) is 0 Å². The Balaban J connectivity index is 1.84. The van der Waals surface area contributed by atoms with Crippen LogP contribution in [-0.4, -0.2) is 24.4 Å². The van der Waals surface area contributed by atoms with Crippen LogP contribution < -0.4 is 10.6 Å². The van der Waals surface area contributed by atoms with E-state index in [4.69, 9.17) is 17.0 Å². The number of hydrogen-bond acceptors (Lipinski definition) is 5. The molecule has 2 N–H and O–H groups in total. The molecule has 2 aromatic rings. The topological polar surface area (TPSA) is 50.4 Å². The van der Waals surface area contributed by atoms with Crippen LogP contribution in [0.4, 0.5) is 10.7 Å². The summed E-state index contributed by atoms with van der Waals surface area (Å²) < 4.78 is 5.04. The van der Waals surface area contributed by atoms with E-state index in [0.29, 0.717) is 10.7 Å². The van der Waals surface area contributed by atoms with Crippen molar-refractivity contribution in [1.29, 1.82) is 0 Å². The lowest BCUT2D eigenvalue weighted by Gasteiger charge is -2.13. The number of methoxy groups -OCH3 is 1. The molecule has 0 amide bonds. The molecule has 0 unspecified atom stereocenters. The van der Waals surface area contributed by atoms with Gasteiger partial charge in [0, 0.05) is 9.77 Å². The van der Waals surface area contributed by atoms with Crippen molar-refractivity contribution >= 4 is 57.1 Å². The molecule has 0 spiro atoms. The number of anilines is 2. The van der Waals surface area contributed by atoms with E-state index < -0.39 is 0 Å². The number of thioether (sulfide) groups is 1. The lowest BCUT2D eigenvalue weighted by atomic mass is 10.1. The van der Waals surface area contributed by atoms with E-state index in [1.807, 2.05) is 30.5 Å². The Labute approximate surface area is 167 Å². The van der Waals surface area contributed by atoms with Gasteiger partial charge in [-0.2, -0.15) is 0 Å². The molecule has 0 saturated heterocycles. The fourth-order valence-corrected chi connectivity index (χ4v) is 5.27. The van der Waals surface area contributed by atoms with Crippen molar-refractivity contribution in [2.24, 2.45) is 0 Å². The quantitative estimate of drug-likeness (QED) is 0.310. The lowest BCUT2D eigenvalue weighted by molar-refractivity contribution is 0.0601. The van der Waals surface area contributed by atoms with Gasteiger partial charge < -0.3 is 15.4 Å². The first-order valence-electron chi connectivity index (χ1n) is 8.58. The molecule has 0 fully saturated rings. The van der Waals surface area contributed by atoms with Crippen LogP contribution in [0.25, 0.3) is 0 Å². The molecule has 0 radical (unpaired) electrons. The van der Waals surface area contributed by atoms with Crippen molar-refractivity contribution in [3.05, 3.63) is 40.3 Å². The summed E-state index contributed by atoms with van der Waals surface area (Å²) in [4.78, 5) is 14.8. The van der Waals surface area contributed by atoms with Crippen LogP contribution in [-0.2, 0) is 17.6 Å². The second kappa shape index (κ2) is 8.88. The van der Waals surface area contributed by atoms with E-state index >= 15 is 0 Å². The average molecular weight is 407 g/mol. The average Bonchev–Trinajstić information content (AvgIpc) is 2.82. The predicted octanol–water partition coefficient (Wildman–Crippen LogP) is 5.33. The molecular weight excluding hydrogens is 384 g/mol. The van der Waals surface area contributed by atoms with Crippen molar-refractivity contribution in [1.82, 2.24) is 0 Å². The first kappa shape index (κ1) is 19.2. The van der Waals surface area contributed by atoms with E-state index in [-0.39, 0.29) is 5.97 Å². The van der Waals surface area contributed by atoms with Gasteiger partial charge in [0.05, 0.1) is 18.4 Å². The number of aryl methyl sites for hydroxylation is 1. The van der Waals surface area contributed by atoms with Crippen LogP contribution in [0.2, 0.25) is 0 Å². The number of hydrogen-bond donors (Lipinski definition) is 2. The van der Waals surface area contributed by atoms with Gasteiger partial charge >= 0.3 is 5.97 Å². The summed E-state index contributed by atoms with van der Waals surface area (Å²) in [6.07, 6.45) is 7.45. The number of rotatable bonds is 4. The van der Waals surface area contributed by atoms with Crippen molar-refractivity contribution in [2.45, 2.75) is 37.0 Å². The number of thiophene rings is 1. The summed E-state index contributed by atoms with van der Waals surface area (Å²) in [5, 5.41) is 7.73. The Morgan fingerprint density at radius 3 is 2.73 bits per heavy atom. The Kier molecular flexibility index (Phi) is 6.56. The van der Waals surface area contributed by atoms with Crippen LogP contribution in [0, 0.1) is 0 Å². The molecule has 1 aromatic carbocycles. The zero-order chi connectivity index (χ0) is 18.5. The van der Waals surface area contributed by atoms with Crippen molar-refractivity contribution in [3.63, 3.8) is 0 Å². The molecule has 26 heavy (non-hydrogen) atoms. The lowest BCUT2D eigenvalue weighted by Crippen LogP contribution is -2.20. The van der Waals surface area contributed by atoms with Crippen LogP contribution in [0.3, 0.4) is 0 Å². The van der Waals surface area contributed by atoms with Crippen molar-refractivity contribution < 1.29 is 9.53 Å². The normalized spacial score (nSPS) is 13.5. The molecule has 1 aliphatic rings. The van der Waals surface area contributed by atoms with Gasteiger partial charge in [-0.1, -0.05) is 18.6 Å². The number of carbonyl (C=O) groups is 1. The minimum absolute atomic E-state index is 0.292. The molecular formula is C19H22N2O2S3. The molecule has 1 heterocycles. The Morgan fingerprint density at radius 2 is 1.96 bits per heavy atom. The van der Waals surface area contributed by atoms with Crippen LogP contribution in [0.15, 0.2) is 29.2 Å². The SMILES string of the molecule is COC(=O)c1c(NC(=S)Nc2ccccc2SC)sc2c1CCCCC2. The summed E-state index contributed by atoms with van der Waals surface area (Å²) in [6.45, 7) is 0. The molecule has 4 nitrogen and oxygen atoms in total. The number of nitrogens with one attached hydrogen (secondary N) is 2. The number of esters is 1. The van der Waals surface area contributed by atoms with Crippen LogP contribution in [0.1, 0.15) is 40.1 Å². The third-order valence-electron chi connectivity index (χ3n) is 4.39. The second-order valence-electron chi connectivity index (χ2n) is 6.04. The Bertz CT molecular complexity index is 817. The molecule has 0 bridgehead atoms. The number of ether oxygens (including phenoxy) is 1. The van der Waals surface area contributed by atoms with Crippen molar-refractivity contribution in [3.8, 4) is 0 Å². The van der Waals surface area contributed by atoms with Crippen molar-refractivity contribution in [2.75, 3.05) is 24.0 Å². The molecule has 0 atom stereocenters. The largest absolute Gasteiger partial charge is 0.465 e. The maximum Gasteiger partial charge on any atom is 0.341 e. The van der Waals surface area contributed by atoms with Gasteiger partial charge in [-0.25, -0.2) is 4.79 Å². The minimum Gasteiger partial charge on any atom is -0.465 e. The Morgan fingerprint density at radius 1 is 1.19 bits per heavy atom. The van der Waals surface area contributed by atoms with Gasteiger partial charge in [-0.05, 0) is 61.9 Å². The van der Waals surface area contributed by atoms with Gasteiger partial charge in [0.2, 0.25) is 0 Å². The molecule has 1 aromatic heterocycles. The molecule has 0 aliphatic heterocycles. The summed E-state index contributed by atoms with van der Waals surface area (Å²) in [5.41, 5.74) is 2.74. The van der Waals surface area contributed by atoms with Gasteiger partial charge in [0.25, 0.3) is 0 Å². The van der Waals surface area contributed by atoms with Gasteiger partial charge in [0.1, 0.15) is 5.00 Å². The van der Waals surface area contributed by atoms with E-state index in [0.717, 1.165) is 46.8 Å². The number of fused-ring (bicyclic) bond motifs is 1. The van der Waals surface area contributed by atoms with E-state index in [1.54, 1.807) is 23.1 Å². The minimum atomic E-state index is -0.292. The predicted molar refractivity (Wildman–Crippen MR) is 115 cm³/mol. The van der Waals surface area contributed by atoms with E-state index in [9.17, 15) is 4.79 Å². The fraction of sp³-hybridized carbons (Fsp3) is 0.368. The number of thiocarbonyl (C=S) groups is 1. The third-order valence-corrected chi connectivity index (χ3v) is 6.60. The fourth-order valence-electron chi connectivity index (χ4n) is 3.15. The van der Waals surface area contributed by atoms with E-state index in [2.05, 4.69) is 10.6 Å². The van der Waals surface area contributed by atoms with Crippen LogP contribution >= 0.6 is 35.3 Å². The smallest absolute Gasteiger partial charge is 0.341 e. The molecule has 0 saturated carbocycles. The molecule has 7 heteroatoms. The first-order valence-corrected chi connectivity index (χ1v) is 11.0. The zero-order valence-electron chi connectivity index (χ0n) is 14.9. The molecule has 1 aliphatic carbocycles. The highest BCUT2D eigenvalue weighted by Crippen LogP contribution is 2.38. The summed E-state index contributed by atoms with van der Waals surface area (Å²) >= 11 is 8.78. The maximum absolute atomic E-state index is 12.4. The second-order valence-corrected chi connectivity index (χ2v) is 8.40. The monoisotopic (exact) mass is 406 g/mol. The van der Waals surface area contributed by atoms with Gasteiger partial charge in [-0.3, -0.25) is 0 Å². The number of para-hydroxylation sites is 1. The Hall–Kier alpha value is -1.57. The maximum atomic E-state index is 12.4.